The molecule has 1 amide bonds. The molecule has 4 aromatic rings. The van der Waals surface area contributed by atoms with E-state index in [0.717, 1.165) is 12.1 Å². The largest absolute Gasteiger partial charge is 0.506 e. The Hall–Kier alpha value is -4.02. The Labute approximate surface area is 215 Å². The average molecular weight is 547 g/mol. The minimum atomic E-state index is -4.51. The van der Waals surface area contributed by atoms with Gasteiger partial charge in [-0.15, -0.1) is 0 Å². The van der Waals surface area contributed by atoms with Gasteiger partial charge in [0.1, 0.15) is 5.75 Å². The molecule has 0 saturated heterocycles. The number of rotatable bonds is 6. The molecular formula is C26H18ClF3N2O4S. The Balaban J connectivity index is 1.50. The lowest BCUT2D eigenvalue weighted by molar-refractivity contribution is -0.137. The summed E-state index contributed by atoms with van der Waals surface area (Å²) in [7, 11) is -3.97. The number of aromatic hydroxyl groups is 1. The fourth-order valence-electron chi connectivity index (χ4n) is 3.43. The van der Waals surface area contributed by atoms with Crippen LogP contribution in [0.3, 0.4) is 0 Å². The van der Waals surface area contributed by atoms with Crippen LogP contribution in [0, 0.1) is 0 Å². The first-order valence-electron chi connectivity index (χ1n) is 10.6. The summed E-state index contributed by atoms with van der Waals surface area (Å²) < 4.78 is 66.1. The zero-order chi connectivity index (χ0) is 26.8. The van der Waals surface area contributed by atoms with Crippen molar-refractivity contribution in [1.29, 1.82) is 0 Å². The highest BCUT2D eigenvalue weighted by Crippen LogP contribution is 2.36. The quantitative estimate of drug-likeness (QED) is 0.183. The second-order valence-electron chi connectivity index (χ2n) is 7.87. The van der Waals surface area contributed by atoms with Crippen LogP contribution in [0.4, 0.5) is 24.5 Å². The molecule has 0 fully saturated rings. The standard InChI is InChI=1S/C26H18ClF3N2O4S/c27-22-14-18(26(28,29)30)10-12-21(22)16-6-8-17(9-7-16)25(34)31-19-11-13-24(33)23(15-19)32-37(35,36)20-4-2-1-3-5-20/h1-15,32-33H,(H,31,34). The van der Waals surface area contributed by atoms with Crippen molar-refractivity contribution in [2.24, 2.45) is 0 Å². The molecule has 4 aromatic carbocycles. The van der Waals surface area contributed by atoms with Gasteiger partial charge in [-0.2, -0.15) is 13.2 Å². The molecule has 37 heavy (non-hydrogen) atoms. The number of hydrogen-bond donors (Lipinski definition) is 3. The van der Waals surface area contributed by atoms with Gasteiger partial charge < -0.3 is 10.4 Å². The van der Waals surface area contributed by atoms with E-state index in [9.17, 15) is 31.5 Å². The lowest BCUT2D eigenvalue weighted by atomic mass is 10.0. The number of carbonyl (C=O) groups excluding carboxylic acids is 1. The average Bonchev–Trinajstić information content (AvgIpc) is 2.86. The Morgan fingerprint density at radius 1 is 0.865 bits per heavy atom. The van der Waals surface area contributed by atoms with Crippen molar-refractivity contribution in [2.45, 2.75) is 11.1 Å². The SMILES string of the molecule is O=C(Nc1ccc(O)c(NS(=O)(=O)c2ccccc2)c1)c1ccc(-c2ccc(C(F)(F)F)cc2Cl)cc1. The zero-order valence-electron chi connectivity index (χ0n) is 18.8. The van der Waals surface area contributed by atoms with Gasteiger partial charge in [0.2, 0.25) is 0 Å². The molecule has 0 spiro atoms. The summed E-state index contributed by atoms with van der Waals surface area (Å²) in [6, 6.07) is 20.5. The number of amides is 1. The molecular weight excluding hydrogens is 529 g/mol. The van der Waals surface area contributed by atoms with Crippen molar-refractivity contribution in [1.82, 2.24) is 0 Å². The first-order valence-corrected chi connectivity index (χ1v) is 12.5. The smallest absolute Gasteiger partial charge is 0.416 e. The number of alkyl halides is 3. The van der Waals surface area contributed by atoms with Gasteiger partial charge >= 0.3 is 6.18 Å². The highest BCUT2D eigenvalue weighted by Gasteiger charge is 2.31. The van der Waals surface area contributed by atoms with Gasteiger partial charge in [0.25, 0.3) is 15.9 Å². The summed E-state index contributed by atoms with van der Waals surface area (Å²) in [5.41, 5.74) is 0.327. The molecule has 0 heterocycles. The third-order valence-electron chi connectivity index (χ3n) is 5.31. The second-order valence-corrected chi connectivity index (χ2v) is 9.96. The van der Waals surface area contributed by atoms with Crippen molar-refractivity contribution in [3.63, 3.8) is 0 Å². The number of nitrogens with one attached hydrogen (secondary N) is 2. The summed E-state index contributed by atoms with van der Waals surface area (Å²) in [4.78, 5) is 12.7. The first-order chi connectivity index (χ1) is 17.4. The van der Waals surface area contributed by atoms with E-state index >= 15 is 0 Å². The van der Waals surface area contributed by atoms with E-state index < -0.39 is 27.7 Å². The van der Waals surface area contributed by atoms with Crippen LogP contribution in [0.5, 0.6) is 5.75 Å². The maximum absolute atomic E-state index is 12.9. The molecule has 11 heteroatoms. The van der Waals surface area contributed by atoms with Crippen molar-refractivity contribution in [3.05, 3.63) is 107 Å². The highest BCUT2D eigenvalue weighted by molar-refractivity contribution is 7.92. The number of phenols is 1. The van der Waals surface area contributed by atoms with Gasteiger partial charge in [-0.1, -0.05) is 48.0 Å². The predicted octanol–water partition coefficient (Wildman–Crippen LogP) is 6.78. The van der Waals surface area contributed by atoms with Crippen molar-refractivity contribution < 1.29 is 31.5 Å². The van der Waals surface area contributed by atoms with Crippen molar-refractivity contribution in [3.8, 4) is 16.9 Å². The van der Waals surface area contributed by atoms with Crippen LogP contribution in [0.2, 0.25) is 5.02 Å². The molecule has 0 aliphatic heterocycles. The maximum Gasteiger partial charge on any atom is 0.416 e. The van der Waals surface area contributed by atoms with Crippen LogP contribution in [0.25, 0.3) is 11.1 Å². The summed E-state index contributed by atoms with van der Waals surface area (Å²) in [5.74, 6) is -0.872. The third kappa shape index (κ3) is 6.04. The summed E-state index contributed by atoms with van der Waals surface area (Å²) in [6.07, 6.45) is -4.51. The molecule has 0 unspecified atom stereocenters. The number of anilines is 2. The molecule has 0 aliphatic rings. The van der Waals surface area contributed by atoms with Crippen LogP contribution >= 0.6 is 11.6 Å². The molecule has 3 N–H and O–H groups in total. The Bertz CT molecular complexity index is 1560. The number of halogens is 4. The second kappa shape index (κ2) is 10.2. The van der Waals surface area contributed by atoms with Crippen LogP contribution in [-0.4, -0.2) is 19.4 Å². The number of benzene rings is 4. The molecule has 0 atom stereocenters. The predicted molar refractivity (Wildman–Crippen MR) is 135 cm³/mol. The van der Waals surface area contributed by atoms with E-state index in [1.807, 2.05) is 0 Å². The van der Waals surface area contributed by atoms with Gasteiger partial charge in [0.05, 0.1) is 16.1 Å². The van der Waals surface area contributed by atoms with Gasteiger partial charge in [0, 0.05) is 21.8 Å². The van der Waals surface area contributed by atoms with E-state index in [4.69, 9.17) is 11.6 Å². The van der Waals surface area contributed by atoms with Gasteiger partial charge in [-0.25, -0.2) is 8.42 Å². The van der Waals surface area contributed by atoms with Gasteiger partial charge in [-0.3, -0.25) is 9.52 Å². The van der Waals surface area contributed by atoms with E-state index in [0.29, 0.717) is 11.1 Å². The summed E-state index contributed by atoms with van der Waals surface area (Å²) >= 11 is 6.04. The lowest BCUT2D eigenvalue weighted by Gasteiger charge is -2.13. The molecule has 0 aliphatic carbocycles. The molecule has 0 aromatic heterocycles. The lowest BCUT2D eigenvalue weighted by Crippen LogP contribution is -2.14. The Morgan fingerprint density at radius 3 is 2.16 bits per heavy atom. The number of phenolic OH excluding ortho intramolecular Hbond substituents is 1. The molecule has 6 nitrogen and oxygen atoms in total. The van der Waals surface area contributed by atoms with Crippen molar-refractivity contribution >= 4 is 38.9 Å². The Kier molecular flexibility index (Phi) is 7.15. The summed E-state index contributed by atoms with van der Waals surface area (Å²) in [5, 5.41) is 12.6. The van der Waals surface area contributed by atoms with Crippen LogP contribution in [0.1, 0.15) is 15.9 Å². The minimum Gasteiger partial charge on any atom is -0.506 e. The zero-order valence-corrected chi connectivity index (χ0v) is 20.3. The third-order valence-corrected chi connectivity index (χ3v) is 7.00. The fourth-order valence-corrected chi connectivity index (χ4v) is 4.80. The molecule has 0 radical (unpaired) electrons. The van der Waals surface area contributed by atoms with Crippen LogP contribution in [-0.2, 0) is 16.2 Å². The number of sulfonamides is 1. The number of hydrogen-bond acceptors (Lipinski definition) is 4. The maximum atomic E-state index is 12.9. The molecule has 0 saturated carbocycles. The van der Waals surface area contributed by atoms with Crippen molar-refractivity contribution in [2.75, 3.05) is 10.0 Å². The molecule has 190 valence electrons. The van der Waals surface area contributed by atoms with Crippen LogP contribution < -0.4 is 10.0 Å². The fraction of sp³-hybridized carbons (Fsp3) is 0.0385. The molecule has 4 rings (SSSR count). The van der Waals surface area contributed by atoms with E-state index in [1.54, 1.807) is 30.3 Å². The van der Waals surface area contributed by atoms with Gasteiger partial charge in [0.15, 0.2) is 0 Å². The highest BCUT2D eigenvalue weighted by atomic mass is 35.5. The van der Waals surface area contributed by atoms with E-state index in [2.05, 4.69) is 10.0 Å². The Morgan fingerprint density at radius 2 is 1.54 bits per heavy atom. The van der Waals surface area contributed by atoms with E-state index in [-0.39, 0.29) is 32.6 Å². The number of carbonyl (C=O) groups is 1. The normalized spacial score (nSPS) is 11.7. The first kappa shape index (κ1) is 26.1. The molecule has 0 bridgehead atoms. The monoisotopic (exact) mass is 546 g/mol. The minimum absolute atomic E-state index is 0.00271. The van der Waals surface area contributed by atoms with Crippen LogP contribution in [0.15, 0.2) is 95.9 Å². The summed E-state index contributed by atoms with van der Waals surface area (Å²) in [6.45, 7) is 0. The topological polar surface area (TPSA) is 95.5 Å². The van der Waals surface area contributed by atoms with E-state index in [1.165, 1.54) is 48.5 Å². The van der Waals surface area contributed by atoms with Gasteiger partial charge in [-0.05, 0) is 60.2 Å².